The fourth-order valence-corrected chi connectivity index (χ4v) is 6.34. The SMILES string of the molecule is Cc1cc(N)nc(-c2cc3nc(OCC45CCCN4CCC5)nc(N4CCC=CCC4)c3cn2)c1C(F)(F)F. The van der Waals surface area contributed by atoms with Gasteiger partial charge in [-0.1, -0.05) is 12.2 Å². The van der Waals surface area contributed by atoms with Crippen LogP contribution in [0.5, 0.6) is 6.01 Å². The molecule has 39 heavy (non-hydrogen) atoms. The standard InChI is InChI=1S/C28H32F3N7O/c1-18-14-22(32)35-24(23(18)28(29,30)31)21-15-20-19(16-33-21)25(37-10-4-2-3-5-11-37)36-26(34-20)39-17-27-8-6-12-38(27)13-7-9-27/h2-3,14-16H,4-13,17H2,1H3,(H2,32,35). The molecule has 2 fully saturated rings. The second-order valence-electron chi connectivity index (χ2n) is 10.7. The van der Waals surface area contributed by atoms with E-state index in [0.29, 0.717) is 23.3 Å². The van der Waals surface area contributed by atoms with Crippen molar-refractivity contribution in [2.45, 2.75) is 57.2 Å². The zero-order chi connectivity index (χ0) is 27.2. The Balaban J connectivity index is 1.44. The average molecular weight is 540 g/mol. The van der Waals surface area contributed by atoms with Gasteiger partial charge in [-0.2, -0.15) is 23.1 Å². The summed E-state index contributed by atoms with van der Waals surface area (Å²) in [5.74, 6) is 0.677. The summed E-state index contributed by atoms with van der Waals surface area (Å²) >= 11 is 0. The molecule has 2 saturated heterocycles. The number of anilines is 2. The lowest BCUT2D eigenvalue weighted by molar-refractivity contribution is -0.137. The van der Waals surface area contributed by atoms with Gasteiger partial charge in [0, 0.05) is 19.3 Å². The van der Waals surface area contributed by atoms with Crippen molar-refractivity contribution in [1.29, 1.82) is 0 Å². The van der Waals surface area contributed by atoms with Crippen LogP contribution in [0.4, 0.5) is 24.8 Å². The van der Waals surface area contributed by atoms with E-state index in [1.54, 1.807) is 0 Å². The summed E-state index contributed by atoms with van der Waals surface area (Å²) in [6.07, 6.45) is 7.42. The Bertz CT molecular complexity index is 1400. The summed E-state index contributed by atoms with van der Waals surface area (Å²) in [5.41, 5.74) is 5.21. The van der Waals surface area contributed by atoms with Crippen molar-refractivity contribution in [3.8, 4) is 17.4 Å². The van der Waals surface area contributed by atoms with Gasteiger partial charge in [-0.05, 0) is 76.2 Å². The fraction of sp³-hybridized carbons (Fsp3) is 0.500. The highest BCUT2D eigenvalue weighted by Crippen LogP contribution is 2.41. The van der Waals surface area contributed by atoms with Crippen LogP contribution in [0.1, 0.15) is 49.7 Å². The first-order chi connectivity index (χ1) is 18.7. The van der Waals surface area contributed by atoms with Gasteiger partial charge in [0.2, 0.25) is 0 Å². The second kappa shape index (κ2) is 9.93. The Morgan fingerprint density at radius 2 is 1.72 bits per heavy atom. The van der Waals surface area contributed by atoms with E-state index < -0.39 is 11.7 Å². The maximum absolute atomic E-state index is 14.0. The number of ether oxygens (including phenoxy) is 1. The minimum Gasteiger partial charge on any atom is -0.461 e. The summed E-state index contributed by atoms with van der Waals surface area (Å²) in [7, 11) is 0. The minimum atomic E-state index is -4.62. The number of nitrogen functional groups attached to an aromatic ring is 1. The summed E-state index contributed by atoms with van der Waals surface area (Å²) < 4.78 is 48.4. The molecule has 3 aromatic heterocycles. The minimum absolute atomic E-state index is 0.00111. The molecule has 0 spiro atoms. The summed E-state index contributed by atoms with van der Waals surface area (Å²) in [4.78, 5) is 22.6. The van der Waals surface area contributed by atoms with Crippen molar-refractivity contribution in [3.05, 3.63) is 41.6 Å². The van der Waals surface area contributed by atoms with E-state index in [4.69, 9.17) is 15.5 Å². The summed E-state index contributed by atoms with van der Waals surface area (Å²) in [5, 5.41) is 0.656. The van der Waals surface area contributed by atoms with Gasteiger partial charge in [-0.15, -0.1) is 0 Å². The number of hydrogen-bond acceptors (Lipinski definition) is 8. The molecule has 0 aliphatic carbocycles. The average Bonchev–Trinajstić information content (AvgIpc) is 3.35. The van der Waals surface area contributed by atoms with E-state index in [0.717, 1.165) is 64.7 Å². The lowest BCUT2D eigenvalue weighted by Gasteiger charge is -2.31. The molecule has 3 aromatic rings. The lowest BCUT2D eigenvalue weighted by atomic mass is 9.95. The fourth-order valence-electron chi connectivity index (χ4n) is 6.34. The molecule has 0 aromatic carbocycles. The third kappa shape index (κ3) is 4.88. The van der Waals surface area contributed by atoms with Gasteiger partial charge >= 0.3 is 12.2 Å². The maximum Gasteiger partial charge on any atom is 0.418 e. The molecule has 0 saturated carbocycles. The number of pyridine rings is 2. The Morgan fingerprint density at radius 1 is 1.00 bits per heavy atom. The second-order valence-corrected chi connectivity index (χ2v) is 10.7. The van der Waals surface area contributed by atoms with Crippen LogP contribution in [0.3, 0.4) is 0 Å². The van der Waals surface area contributed by atoms with Crippen molar-refractivity contribution < 1.29 is 17.9 Å². The monoisotopic (exact) mass is 539 g/mol. The highest BCUT2D eigenvalue weighted by Gasteiger charge is 2.45. The molecule has 11 heteroatoms. The molecule has 6 rings (SSSR count). The molecule has 6 heterocycles. The predicted molar refractivity (Wildman–Crippen MR) is 144 cm³/mol. The molecule has 0 atom stereocenters. The van der Waals surface area contributed by atoms with Gasteiger partial charge in [0.15, 0.2) is 0 Å². The number of aryl methyl sites for hydroxylation is 1. The first kappa shape index (κ1) is 25.8. The number of aromatic nitrogens is 4. The number of nitrogens with zero attached hydrogens (tertiary/aromatic N) is 6. The smallest absolute Gasteiger partial charge is 0.418 e. The van der Waals surface area contributed by atoms with E-state index >= 15 is 0 Å². The maximum atomic E-state index is 14.0. The first-order valence-corrected chi connectivity index (χ1v) is 13.5. The lowest BCUT2D eigenvalue weighted by Crippen LogP contribution is -2.43. The number of halogens is 3. The van der Waals surface area contributed by atoms with Crippen LogP contribution in [-0.4, -0.2) is 63.2 Å². The van der Waals surface area contributed by atoms with Crippen molar-refractivity contribution >= 4 is 22.5 Å². The highest BCUT2D eigenvalue weighted by molar-refractivity contribution is 5.91. The van der Waals surface area contributed by atoms with Crippen molar-refractivity contribution in [2.24, 2.45) is 0 Å². The molecular weight excluding hydrogens is 507 g/mol. The number of alkyl halides is 3. The van der Waals surface area contributed by atoms with E-state index in [9.17, 15) is 13.2 Å². The van der Waals surface area contributed by atoms with Gasteiger partial charge in [0.1, 0.15) is 23.9 Å². The van der Waals surface area contributed by atoms with E-state index in [1.165, 1.54) is 25.3 Å². The van der Waals surface area contributed by atoms with Gasteiger partial charge < -0.3 is 15.4 Å². The van der Waals surface area contributed by atoms with Crippen molar-refractivity contribution in [1.82, 2.24) is 24.8 Å². The van der Waals surface area contributed by atoms with Crippen LogP contribution in [-0.2, 0) is 6.18 Å². The number of rotatable bonds is 5. The van der Waals surface area contributed by atoms with Crippen LogP contribution in [0.2, 0.25) is 0 Å². The molecule has 3 aliphatic rings. The zero-order valence-corrected chi connectivity index (χ0v) is 22.0. The van der Waals surface area contributed by atoms with Gasteiger partial charge in [-0.25, -0.2) is 4.98 Å². The van der Waals surface area contributed by atoms with Crippen LogP contribution >= 0.6 is 0 Å². The van der Waals surface area contributed by atoms with E-state index in [1.807, 2.05) is 0 Å². The zero-order valence-electron chi connectivity index (χ0n) is 22.0. The molecule has 0 radical (unpaired) electrons. The molecule has 0 amide bonds. The van der Waals surface area contributed by atoms with Crippen LogP contribution in [0.15, 0.2) is 30.5 Å². The molecule has 2 N–H and O–H groups in total. The molecule has 8 nitrogen and oxygen atoms in total. The first-order valence-electron chi connectivity index (χ1n) is 13.5. The number of fused-ring (bicyclic) bond motifs is 2. The van der Waals surface area contributed by atoms with Crippen molar-refractivity contribution in [3.63, 3.8) is 0 Å². The normalized spacial score (nSPS) is 19.4. The van der Waals surface area contributed by atoms with E-state index in [2.05, 4.69) is 36.9 Å². The molecule has 0 unspecified atom stereocenters. The van der Waals surface area contributed by atoms with Crippen molar-refractivity contribution in [2.75, 3.05) is 43.4 Å². The highest BCUT2D eigenvalue weighted by atomic mass is 19.4. The molecule has 0 bridgehead atoms. The Hall–Kier alpha value is -3.47. The van der Waals surface area contributed by atoms with Gasteiger partial charge in [0.05, 0.1) is 27.7 Å². The Morgan fingerprint density at radius 3 is 2.41 bits per heavy atom. The summed E-state index contributed by atoms with van der Waals surface area (Å²) in [6, 6.07) is 2.99. The predicted octanol–water partition coefficient (Wildman–Crippen LogP) is 5.16. The van der Waals surface area contributed by atoms with Crippen LogP contribution in [0, 0.1) is 6.92 Å². The van der Waals surface area contributed by atoms with Gasteiger partial charge in [0.25, 0.3) is 0 Å². The summed E-state index contributed by atoms with van der Waals surface area (Å²) in [6.45, 7) is 5.55. The Labute approximate surface area is 225 Å². The third-order valence-electron chi connectivity index (χ3n) is 8.18. The van der Waals surface area contributed by atoms with E-state index in [-0.39, 0.29) is 34.3 Å². The largest absolute Gasteiger partial charge is 0.461 e. The van der Waals surface area contributed by atoms with Gasteiger partial charge in [-0.3, -0.25) is 9.88 Å². The van der Waals surface area contributed by atoms with Crippen LogP contribution < -0.4 is 15.4 Å². The third-order valence-corrected chi connectivity index (χ3v) is 8.18. The quantitative estimate of drug-likeness (QED) is 0.445. The molecule has 3 aliphatic heterocycles. The molecule has 206 valence electrons. The molecular formula is C28H32F3N7O. The Kier molecular flexibility index (Phi) is 6.57. The number of nitrogens with two attached hydrogens (primary N) is 1. The van der Waals surface area contributed by atoms with Crippen LogP contribution in [0.25, 0.3) is 22.3 Å². The number of hydrogen-bond donors (Lipinski definition) is 1. The topological polar surface area (TPSA) is 93.3 Å².